The van der Waals surface area contributed by atoms with E-state index in [-0.39, 0.29) is 6.04 Å². The number of hydrogen-bond acceptors (Lipinski definition) is 3. The van der Waals surface area contributed by atoms with E-state index in [0.29, 0.717) is 0 Å². The third-order valence-electron chi connectivity index (χ3n) is 4.03. The van der Waals surface area contributed by atoms with E-state index in [1.807, 2.05) is 13.1 Å². The van der Waals surface area contributed by atoms with Gasteiger partial charge in [0.1, 0.15) is 5.82 Å². The number of rotatable bonds is 5. The Morgan fingerprint density at radius 1 is 1.42 bits per heavy atom. The van der Waals surface area contributed by atoms with Crippen LogP contribution in [0.5, 0.6) is 0 Å². The number of nitrogens with zero attached hydrogens (tertiary/aromatic N) is 2. The molecule has 0 aliphatic heterocycles. The monoisotopic (exact) mass is 261 g/mol. The smallest absolute Gasteiger partial charge is 0.131 e. The van der Waals surface area contributed by atoms with Crippen LogP contribution in [0.3, 0.4) is 0 Å². The van der Waals surface area contributed by atoms with Gasteiger partial charge in [0, 0.05) is 25.8 Å². The molecule has 2 rings (SSSR count). The van der Waals surface area contributed by atoms with Gasteiger partial charge in [-0.2, -0.15) is 0 Å². The van der Waals surface area contributed by atoms with Gasteiger partial charge >= 0.3 is 0 Å². The van der Waals surface area contributed by atoms with Gasteiger partial charge < -0.3 is 10.6 Å². The quantitative estimate of drug-likeness (QED) is 0.886. The molecule has 1 heterocycles. The van der Waals surface area contributed by atoms with Crippen molar-refractivity contribution >= 4 is 5.82 Å². The highest BCUT2D eigenvalue weighted by molar-refractivity contribution is 5.46. The van der Waals surface area contributed by atoms with Crippen molar-refractivity contribution in [2.45, 2.75) is 52.0 Å². The van der Waals surface area contributed by atoms with Gasteiger partial charge in [0.05, 0.1) is 0 Å². The Kier molecular flexibility index (Phi) is 4.81. The van der Waals surface area contributed by atoms with Crippen molar-refractivity contribution in [3.8, 4) is 0 Å². The SMILES string of the molecule is Cc1cc(CC(C)N)cnc1N(C)CC1CCCC1. The summed E-state index contributed by atoms with van der Waals surface area (Å²) in [5.41, 5.74) is 8.35. The molecule has 0 radical (unpaired) electrons. The minimum atomic E-state index is 0.197. The fourth-order valence-electron chi connectivity index (χ4n) is 3.18. The molecule has 2 N–H and O–H groups in total. The summed E-state index contributed by atoms with van der Waals surface area (Å²) in [5.74, 6) is 1.98. The number of pyridine rings is 1. The highest BCUT2D eigenvalue weighted by Gasteiger charge is 2.18. The lowest BCUT2D eigenvalue weighted by Gasteiger charge is -2.24. The number of anilines is 1. The standard InChI is InChI=1S/C16H27N3/c1-12-8-15(9-13(2)17)10-18-16(12)19(3)11-14-6-4-5-7-14/h8,10,13-14H,4-7,9,11,17H2,1-3H3. The molecule has 1 fully saturated rings. The van der Waals surface area contributed by atoms with E-state index in [1.165, 1.54) is 36.8 Å². The van der Waals surface area contributed by atoms with Crippen LogP contribution in [0.4, 0.5) is 5.82 Å². The van der Waals surface area contributed by atoms with Gasteiger partial charge in [-0.05, 0) is 50.2 Å². The lowest BCUT2D eigenvalue weighted by atomic mass is 10.1. The molecule has 19 heavy (non-hydrogen) atoms. The topological polar surface area (TPSA) is 42.1 Å². The lowest BCUT2D eigenvalue weighted by Crippen LogP contribution is -2.26. The second-order valence-electron chi connectivity index (χ2n) is 6.20. The van der Waals surface area contributed by atoms with Crippen LogP contribution in [0, 0.1) is 12.8 Å². The molecule has 1 aromatic rings. The van der Waals surface area contributed by atoms with Crippen molar-refractivity contribution in [3.05, 3.63) is 23.4 Å². The summed E-state index contributed by atoms with van der Waals surface area (Å²) in [4.78, 5) is 6.96. The summed E-state index contributed by atoms with van der Waals surface area (Å²) in [5, 5.41) is 0. The van der Waals surface area contributed by atoms with Crippen LogP contribution in [0.25, 0.3) is 0 Å². The van der Waals surface area contributed by atoms with Crippen LogP contribution in [-0.4, -0.2) is 24.6 Å². The molecule has 0 spiro atoms. The van der Waals surface area contributed by atoms with Crippen molar-refractivity contribution in [1.29, 1.82) is 0 Å². The van der Waals surface area contributed by atoms with Crippen molar-refractivity contribution in [3.63, 3.8) is 0 Å². The average Bonchev–Trinajstić information content (AvgIpc) is 2.80. The Morgan fingerprint density at radius 2 is 2.11 bits per heavy atom. The molecule has 1 unspecified atom stereocenters. The van der Waals surface area contributed by atoms with Crippen molar-refractivity contribution < 1.29 is 0 Å². The van der Waals surface area contributed by atoms with E-state index in [2.05, 4.69) is 29.9 Å². The minimum absolute atomic E-state index is 0.197. The predicted octanol–water partition coefficient (Wildman–Crippen LogP) is 2.91. The number of aryl methyl sites for hydroxylation is 1. The second-order valence-corrected chi connectivity index (χ2v) is 6.20. The van der Waals surface area contributed by atoms with Gasteiger partial charge in [-0.15, -0.1) is 0 Å². The summed E-state index contributed by atoms with van der Waals surface area (Å²) in [6.07, 6.45) is 8.45. The summed E-state index contributed by atoms with van der Waals surface area (Å²) in [7, 11) is 2.17. The maximum Gasteiger partial charge on any atom is 0.131 e. The Bertz CT molecular complexity index is 408. The normalized spacial score (nSPS) is 17.7. The molecule has 0 aromatic carbocycles. The lowest BCUT2D eigenvalue weighted by molar-refractivity contribution is 0.544. The third-order valence-corrected chi connectivity index (χ3v) is 4.03. The van der Waals surface area contributed by atoms with E-state index in [4.69, 9.17) is 5.73 Å². The first-order valence-electron chi connectivity index (χ1n) is 7.48. The van der Waals surface area contributed by atoms with Gasteiger partial charge in [-0.3, -0.25) is 0 Å². The van der Waals surface area contributed by atoms with Gasteiger partial charge in [0.15, 0.2) is 0 Å². The van der Waals surface area contributed by atoms with E-state index in [9.17, 15) is 0 Å². The highest BCUT2D eigenvalue weighted by atomic mass is 15.2. The number of hydrogen-bond donors (Lipinski definition) is 1. The maximum atomic E-state index is 5.84. The van der Waals surface area contributed by atoms with Crippen LogP contribution >= 0.6 is 0 Å². The molecular weight excluding hydrogens is 234 g/mol. The molecule has 1 saturated carbocycles. The molecule has 1 aliphatic carbocycles. The summed E-state index contributed by atoms with van der Waals surface area (Å²) >= 11 is 0. The molecule has 3 nitrogen and oxygen atoms in total. The Balaban J connectivity index is 2.02. The second kappa shape index (κ2) is 6.38. The van der Waals surface area contributed by atoms with E-state index in [1.54, 1.807) is 0 Å². The number of nitrogens with two attached hydrogens (primary N) is 1. The van der Waals surface area contributed by atoms with Crippen LogP contribution in [0.2, 0.25) is 0 Å². The molecule has 0 amide bonds. The maximum absolute atomic E-state index is 5.84. The molecule has 1 atom stereocenters. The van der Waals surface area contributed by atoms with Gasteiger partial charge in [-0.25, -0.2) is 4.98 Å². The number of aromatic nitrogens is 1. The van der Waals surface area contributed by atoms with Crippen molar-refractivity contribution in [2.75, 3.05) is 18.5 Å². The van der Waals surface area contributed by atoms with E-state index >= 15 is 0 Å². The first kappa shape index (κ1) is 14.3. The zero-order valence-corrected chi connectivity index (χ0v) is 12.5. The molecule has 0 bridgehead atoms. The fraction of sp³-hybridized carbons (Fsp3) is 0.688. The fourth-order valence-corrected chi connectivity index (χ4v) is 3.18. The van der Waals surface area contributed by atoms with Crippen LogP contribution in [-0.2, 0) is 6.42 Å². The van der Waals surface area contributed by atoms with Gasteiger partial charge in [-0.1, -0.05) is 18.9 Å². The molecular formula is C16H27N3. The van der Waals surface area contributed by atoms with Crippen LogP contribution in [0.15, 0.2) is 12.3 Å². The molecule has 106 valence electrons. The zero-order chi connectivity index (χ0) is 13.8. The summed E-state index contributed by atoms with van der Waals surface area (Å²) in [6, 6.07) is 2.43. The summed E-state index contributed by atoms with van der Waals surface area (Å²) < 4.78 is 0. The van der Waals surface area contributed by atoms with Crippen molar-refractivity contribution in [1.82, 2.24) is 4.98 Å². The first-order chi connectivity index (χ1) is 9.06. The Labute approximate surface area is 117 Å². The van der Waals surface area contributed by atoms with Crippen molar-refractivity contribution in [2.24, 2.45) is 11.7 Å². The predicted molar refractivity (Wildman–Crippen MR) is 81.6 cm³/mol. The Hall–Kier alpha value is -1.09. The minimum Gasteiger partial charge on any atom is -0.359 e. The third kappa shape index (κ3) is 3.93. The average molecular weight is 261 g/mol. The van der Waals surface area contributed by atoms with Gasteiger partial charge in [0.25, 0.3) is 0 Å². The highest BCUT2D eigenvalue weighted by Crippen LogP contribution is 2.27. The molecule has 3 heteroatoms. The first-order valence-corrected chi connectivity index (χ1v) is 7.48. The molecule has 1 aromatic heterocycles. The van der Waals surface area contributed by atoms with E-state index < -0.39 is 0 Å². The van der Waals surface area contributed by atoms with E-state index in [0.717, 1.165) is 24.7 Å². The van der Waals surface area contributed by atoms with Crippen LogP contribution < -0.4 is 10.6 Å². The van der Waals surface area contributed by atoms with Gasteiger partial charge in [0.2, 0.25) is 0 Å². The largest absolute Gasteiger partial charge is 0.359 e. The Morgan fingerprint density at radius 3 is 2.68 bits per heavy atom. The molecule has 0 saturated heterocycles. The zero-order valence-electron chi connectivity index (χ0n) is 12.5. The summed E-state index contributed by atoms with van der Waals surface area (Å²) in [6.45, 7) is 5.33. The van der Waals surface area contributed by atoms with Crippen LogP contribution in [0.1, 0.15) is 43.7 Å². The molecule has 1 aliphatic rings.